The minimum Gasteiger partial charge on any atom is -0.459 e. The van der Waals surface area contributed by atoms with Gasteiger partial charge in [-0.25, -0.2) is 6.57 Å². The van der Waals surface area contributed by atoms with Gasteiger partial charge in [-0.2, -0.15) is 0 Å². The van der Waals surface area contributed by atoms with Gasteiger partial charge in [-0.05, 0) is 49.9 Å². The van der Waals surface area contributed by atoms with Crippen molar-refractivity contribution >= 4 is 5.97 Å². The molecule has 0 spiro atoms. The predicted molar refractivity (Wildman–Crippen MR) is 72.2 cm³/mol. The number of rotatable bonds is 2. The Bertz CT molecular complexity index is 427. The maximum absolute atomic E-state index is 11.4. The van der Waals surface area contributed by atoms with Crippen molar-refractivity contribution in [3.05, 3.63) is 11.4 Å². The van der Waals surface area contributed by atoms with Crippen molar-refractivity contribution in [1.82, 2.24) is 0 Å². The van der Waals surface area contributed by atoms with E-state index in [0.29, 0.717) is 11.8 Å². The van der Waals surface area contributed by atoms with Crippen LogP contribution in [0.25, 0.3) is 4.85 Å². The van der Waals surface area contributed by atoms with E-state index in [0.717, 1.165) is 43.9 Å². The molecule has 2 bridgehead atoms. The normalized spacial score (nSPS) is 47.5. The van der Waals surface area contributed by atoms with Gasteiger partial charge in [0.25, 0.3) is 0 Å². The Morgan fingerprint density at radius 1 is 1.37 bits per heavy atom. The SMILES string of the molecule is [C-]#[N+]C1CC2CC1C1CCC(CC)(OC(C)=O)CC21. The molecule has 3 fully saturated rings. The summed E-state index contributed by atoms with van der Waals surface area (Å²) in [5.74, 6) is 2.65. The summed E-state index contributed by atoms with van der Waals surface area (Å²) in [6, 6.07) is 0.286. The van der Waals surface area contributed by atoms with Crippen molar-refractivity contribution in [3.63, 3.8) is 0 Å². The van der Waals surface area contributed by atoms with E-state index < -0.39 is 0 Å². The molecule has 0 aliphatic heterocycles. The summed E-state index contributed by atoms with van der Waals surface area (Å²) in [5.41, 5.74) is -0.203. The fourth-order valence-electron chi connectivity index (χ4n) is 5.21. The maximum Gasteiger partial charge on any atom is 0.303 e. The third kappa shape index (κ3) is 1.96. The lowest BCUT2D eigenvalue weighted by molar-refractivity contribution is -0.166. The van der Waals surface area contributed by atoms with Crippen molar-refractivity contribution in [2.45, 2.75) is 64.0 Å². The lowest BCUT2D eigenvalue weighted by atomic mass is 9.64. The minimum absolute atomic E-state index is 0.137. The van der Waals surface area contributed by atoms with E-state index in [2.05, 4.69) is 11.8 Å². The molecule has 0 aromatic rings. The Labute approximate surface area is 115 Å². The second-order valence-corrected chi connectivity index (χ2v) is 6.79. The summed E-state index contributed by atoms with van der Waals surface area (Å²) >= 11 is 0. The van der Waals surface area contributed by atoms with Crippen molar-refractivity contribution in [3.8, 4) is 0 Å². The molecule has 0 saturated heterocycles. The first kappa shape index (κ1) is 13.0. The minimum atomic E-state index is -0.203. The Hall–Kier alpha value is -1.04. The lowest BCUT2D eigenvalue weighted by Gasteiger charge is -2.45. The monoisotopic (exact) mass is 261 g/mol. The summed E-state index contributed by atoms with van der Waals surface area (Å²) in [5, 5.41) is 0. The van der Waals surface area contributed by atoms with Crippen LogP contribution in [-0.2, 0) is 9.53 Å². The lowest BCUT2D eigenvalue weighted by Crippen LogP contribution is -2.45. The van der Waals surface area contributed by atoms with E-state index in [-0.39, 0.29) is 17.6 Å². The third-order valence-electron chi connectivity index (χ3n) is 6.03. The van der Waals surface area contributed by atoms with E-state index in [9.17, 15) is 4.79 Å². The first-order valence-electron chi connectivity index (χ1n) is 7.64. The highest BCUT2D eigenvalue weighted by Crippen LogP contribution is 2.60. The molecule has 6 unspecified atom stereocenters. The largest absolute Gasteiger partial charge is 0.459 e. The quantitative estimate of drug-likeness (QED) is 0.563. The second-order valence-electron chi connectivity index (χ2n) is 6.79. The summed E-state index contributed by atoms with van der Waals surface area (Å²) in [4.78, 5) is 15.2. The molecule has 0 N–H and O–H groups in total. The zero-order chi connectivity index (χ0) is 13.6. The smallest absolute Gasteiger partial charge is 0.303 e. The van der Waals surface area contributed by atoms with E-state index in [4.69, 9.17) is 11.3 Å². The number of hydrogen-bond donors (Lipinski definition) is 0. The highest BCUT2D eigenvalue weighted by atomic mass is 16.6. The molecule has 3 aliphatic carbocycles. The zero-order valence-corrected chi connectivity index (χ0v) is 11.9. The van der Waals surface area contributed by atoms with E-state index in [1.807, 2.05) is 0 Å². The molecule has 3 nitrogen and oxygen atoms in total. The van der Waals surface area contributed by atoms with Crippen molar-refractivity contribution in [1.29, 1.82) is 0 Å². The molecule has 0 heterocycles. The molecule has 0 amide bonds. The first-order valence-corrected chi connectivity index (χ1v) is 7.64. The van der Waals surface area contributed by atoms with Gasteiger partial charge in [-0.1, -0.05) is 6.92 Å². The number of esters is 1. The zero-order valence-electron chi connectivity index (χ0n) is 11.9. The van der Waals surface area contributed by atoms with Gasteiger partial charge in [0.2, 0.25) is 6.04 Å². The molecule has 19 heavy (non-hydrogen) atoms. The summed E-state index contributed by atoms with van der Waals surface area (Å²) < 4.78 is 5.70. The standard InChI is InChI=1S/C16H23NO2/c1-4-16(19-10(2)18)6-5-12-13-7-11(14(12)9-16)8-15(13)17-3/h11-15H,4-9H2,1-2H3. The van der Waals surface area contributed by atoms with E-state index in [1.54, 1.807) is 0 Å². The van der Waals surface area contributed by atoms with Crippen LogP contribution in [0.1, 0.15) is 52.4 Å². The molecule has 0 aromatic carbocycles. The van der Waals surface area contributed by atoms with Crippen LogP contribution >= 0.6 is 0 Å². The van der Waals surface area contributed by atoms with E-state index >= 15 is 0 Å². The van der Waals surface area contributed by atoms with Gasteiger partial charge >= 0.3 is 5.97 Å². The van der Waals surface area contributed by atoms with Gasteiger partial charge in [0.05, 0.1) is 0 Å². The fourth-order valence-corrected chi connectivity index (χ4v) is 5.21. The van der Waals surface area contributed by atoms with Gasteiger partial charge in [-0.15, -0.1) is 0 Å². The number of ether oxygens (including phenoxy) is 1. The first-order chi connectivity index (χ1) is 9.08. The Morgan fingerprint density at radius 2 is 2.16 bits per heavy atom. The Balaban J connectivity index is 1.76. The topological polar surface area (TPSA) is 30.7 Å². The molecule has 0 radical (unpaired) electrons. The third-order valence-corrected chi connectivity index (χ3v) is 6.03. The summed E-state index contributed by atoms with van der Waals surface area (Å²) in [6.07, 6.45) is 6.47. The van der Waals surface area contributed by atoms with Crippen LogP contribution in [0.4, 0.5) is 0 Å². The molecule has 3 saturated carbocycles. The average Bonchev–Trinajstić information content (AvgIpc) is 2.95. The van der Waals surface area contributed by atoms with Crippen LogP contribution in [-0.4, -0.2) is 17.6 Å². The van der Waals surface area contributed by atoms with Gasteiger partial charge in [-0.3, -0.25) is 4.79 Å². The van der Waals surface area contributed by atoms with Crippen molar-refractivity contribution < 1.29 is 9.53 Å². The van der Waals surface area contributed by atoms with Gasteiger partial charge in [0.15, 0.2) is 0 Å². The fraction of sp³-hybridized carbons (Fsp3) is 0.875. The van der Waals surface area contributed by atoms with Crippen LogP contribution in [0.15, 0.2) is 0 Å². The number of hydrogen-bond acceptors (Lipinski definition) is 2. The second kappa shape index (κ2) is 4.51. The molecule has 3 aliphatic rings. The molecule has 0 aromatic heterocycles. The molecular weight excluding hydrogens is 238 g/mol. The number of carbonyl (C=O) groups excluding carboxylic acids is 1. The van der Waals surface area contributed by atoms with Crippen LogP contribution in [0.3, 0.4) is 0 Å². The molecule has 6 atom stereocenters. The van der Waals surface area contributed by atoms with Crippen LogP contribution in [0.5, 0.6) is 0 Å². The Morgan fingerprint density at radius 3 is 2.79 bits per heavy atom. The molecule has 3 rings (SSSR count). The molecule has 104 valence electrons. The number of fused-ring (bicyclic) bond motifs is 5. The van der Waals surface area contributed by atoms with Crippen molar-refractivity contribution in [2.24, 2.45) is 23.7 Å². The summed E-state index contributed by atoms with van der Waals surface area (Å²) in [7, 11) is 0. The van der Waals surface area contributed by atoms with Gasteiger partial charge < -0.3 is 9.58 Å². The van der Waals surface area contributed by atoms with Gasteiger partial charge in [0, 0.05) is 19.3 Å². The highest BCUT2D eigenvalue weighted by molar-refractivity contribution is 5.66. The predicted octanol–water partition coefficient (Wildman–Crippen LogP) is 3.44. The van der Waals surface area contributed by atoms with Crippen LogP contribution in [0, 0.1) is 30.2 Å². The summed E-state index contributed by atoms with van der Waals surface area (Å²) in [6.45, 7) is 11.0. The maximum atomic E-state index is 11.4. The number of carbonyl (C=O) groups is 1. The average molecular weight is 261 g/mol. The number of nitrogens with zero attached hydrogens (tertiary/aromatic N) is 1. The van der Waals surface area contributed by atoms with Crippen LogP contribution < -0.4 is 0 Å². The van der Waals surface area contributed by atoms with Crippen molar-refractivity contribution in [2.75, 3.05) is 0 Å². The molecular formula is C16H23NO2. The molecule has 3 heteroatoms. The van der Waals surface area contributed by atoms with Crippen LogP contribution in [0.2, 0.25) is 0 Å². The van der Waals surface area contributed by atoms with Gasteiger partial charge in [0.1, 0.15) is 5.60 Å². The Kier molecular flexibility index (Phi) is 3.08. The highest BCUT2D eigenvalue weighted by Gasteiger charge is 2.59. The van der Waals surface area contributed by atoms with E-state index in [1.165, 1.54) is 13.3 Å².